The van der Waals surface area contributed by atoms with Gasteiger partial charge in [0.05, 0.1) is 11.2 Å². The van der Waals surface area contributed by atoms with Crippen LogP contribution in [0.25, 0.3) is 118 Å². The number of para-hydroxylation sites is 1. The van der Waals surface area contributed by atoms with Crippen LogP contribution in [0.4, 0.5) is 0 Å². The van der Waals surface area contributed by atoms with E-state index in [1.807, 2.05) is 0 Å². The number of thiophene rings is 2. The van der Waals surface area contributed by atoms with Gasteiger partial charge in [-0.15, -0.1) is 22.7 Å². The van der Waals surface area contributed by atoms with Crippen LogP contribution in [0, 0.1) is 0 Å². The molecule has 0 saturated carbocycles. The molecule has 0 aliphatic rings. The molecule has 0 spiro atoms. The van der Waals surface area contributed by atoms with Gasteiger partial charge in [-0.25, -0.2) is 19.9 Å². The third-order valence-electron chi connectivity index (χ3n) is 10.9. The van der Waals surface area contributed by atoms with Gasteiger partial charge in [-0.1, -0.05) is 133 Å². The van der Waals surface area contributed by atoms with Gasteiger partial charge in [0, 0.05) is 78.8 Å². The first-order valence-corrected chi connectivity index (χ1v) is 20.3. The molecule has 4 heterocycles. The largest absolute Gasteiger partial charge is 0.247 e. The van der Waals surface area contributed by atoms with E-state index in [-0.39, 0.29) is 0 Å². The van der Waals surface area contributed by atoms with E-state index in [0.717, 1.165) is 54.3 Å². The lowest BCUT2D eigenvalue weighted by Gasteiger charge is -2.12. The van der Waals surface area contributed by atoms with Crippen molar-refractivity contribution in [2.45, 2.75) is 0 Å². The summed E-state index contributed by atoms with van der Waals surface area (Å²) in [4.78, 5) is 21.1. The molecule has 0 saturated heterocycles. The number of fused-ring (bicyclic) bond motifs is 11. The standard InChI is InChI=1S/C50H28N4S2/c1-2-13-30(14-3-1)46-35-26-27-42-45(44(35)33-16-6-8-21-39(33)51-46)36-18-10-20-38(47(36)56-42)50-53-48(32-25-24-29-12-4-5-15-31(29)28-32)52-49(54-50)37-19-11-23-41-43(37)34-17-7-9-22-40(34)55-41/h1-28H. The molecule has 4 nitrogen and oxygen atoms in total. The molecule has 260 valence electrons. The third kappa shape index (κ3) is 4.83. The lowest BCUT2D eigenvalue weighted by atomic mass is 9.96. The Balaban J connectivity index is 1.15. The summed E-state index contributed by atoms with van der Waals surface area (Å²) in [5.41, 5.74) is 6.04. The number of rotatable bonds is 4. The first kappa shape index (κ1) is 31.5. The molecule has 8 aromatic carbocycles. The molecular formula is C50H28N4S2. The minimum absolute atomic E-state index is 0.653. The Labute approximate surface area is 329 Å². The summed E-state index contributed by atoms with van der Waals surface area (Å²) in [6.07, 6.45) is 0. The second-order valence-electron chi connectivity index (χ2n) is 14.1. The summed E-state index contributed by atoms with van der Waals surface area (Å²) in [5, 5.41) is 10.7. The fourth-order valence-corrected chi connectivity index (χ4v) is 10.7. The molecule has 12 rings (SSSR count). The number of pyridine rings is 1. The van der Waals surface area contributed by atoms with Gasteiger partial charge < -0.3 is 0 Å². The molecule has 4 aromatic heterocycles. The summed E-state index contributed by atoms with van der Waals surface area (Å²) in [7, 11) is 0. The highest BCUT2D eigenvalue weighted by Crippen LogP contribution is 2.46. The quantitative estimate of drug-likeness (QED) is 0.168. The zero-order valence-corrected chi connectivity index (χ0v) is 31.4. The van der Waals surface area contributed by atoms with Gasteiger partial charge in [0.2, 0.25) is 0 Å². The molecule has 56 heavy (non-hydrogen) atoms. The van der Waals surface area contributed by atoms with E-state index >= 15 is 0 Å². The predicted octanol–water partition coefficient (Wildman–Crippen LogP) is 14.1. The highest BCUT2D eigenvalue weighted by Gasteiger charge is 2.21. The van der Waals surface area contributed by atoms with Crippen molar-refractivity contribution in [1.82, 2.24) is 19.9 Å². The summed E-state index contributed by atoms with van der Waals surface area (Å²) >= 11 is 3.60. The summed E-state index contributed by atoms with van der Waals surface area (Å²) in [6.45, 7) is 0. The Morgan fingerprint density at radius 2 is 1.02 bits per heavy atom. The molecule has 0 unspecified atom stereocenters. The summed E-state index contributed by atoms with van der Waals surface area (Å²) in [6, 6.07) is 60.1. The van der Waals surface area contributed by atoms with Crippen molar-refractivity contribution in [3.8, 4) is 45.4 Å². The number of hydrogen-bond donors (Lipinski definition) is 0. The zero-order chi connectivity index (χ0) is 36.7. The van der Waals surface area contributed by atoms with Crippen molar-refractivity contribution in [3.63, 3.8) is 0 Å². The number of aromatic nitrogens is 4. The monoisotopic (exact) mass is 748 g/mol. The van der Waals surface area contributed by atoms with E-state index in [4.69, 9.17) is 19.9 Å². The Bertz CT molecular complexity index is 3550. The van der Waals surface area contributed by atoms with E-state index in [1.165, 1.54) is 46.4 Å². The fraction of sp³-hybridized carbons (Fsp3) is 0. The predicted molar refractivity (Wildman–Crippen MR) is 238 cm³/mol. The number of hydrogen-bond acceptors (Lipinski definition) is 6. The molecule has 6 heteroatoms. The average molecular weight is 749 g/mol. The van der Waals surface area contributed by atoms with E-state index in [9.17, 15) is 0 Å². The number of benzene rings is 8. The Morgan fingerprint density at radius 3 is 1.93 bits per heavy atom. The van der Waals surface area contributed by atoms with E-state index in [0.29, 0.717) is 17.5 Å². The van der Waals surface area contributed by atoms with Crippen LogP contribution in [0.15, 0.2) is 170 Å². The molecular weight excluding hydrogens is 721 g/mol. The van der Waals surface area contributed by atoms with Crippen LogP contribution in [-0.2, 0) is 0 Å². The first-order valence-electron chi connectivity index (χ1n) is 18.6. The van der Waals surface area contributed by atoms with Crippen LogP contribution in [0.2, 0.25) is 0 Å². The van der Waals surface area contributed by atoms with Gasteiger partial charge >= 0.3 is 0 Å². The smallest absolute Gasteiger partial charge is 0.165 e. The molecule has 0 bridgehead atoms. The van der Waals surface area contributed by atoms with E-state index in [2.05, 4.69) is 170 Å². The molecule has 0 aliphatic heterocycles. The van der Waals surface area contributed by atoms with Crippen molar-refractivity contribution >= 4 is 95.5 Å². The van der Waals surface area contributed by atoms with Crippen molar-refractivity contribution in [1.29, 1.82) is 0 Å². The van der Waals surface area contributed by atoms with E-state index in [1.54, 1.807) is 22.7 Å². The SMILES string of the molecule is c1ccc(-c2nc3ccccc3c3c2ccc2sc4c(-c5nc(-c6ccc7ccccc7c6)nc(-c6cccc7sc8ccccc8c67)n5)cccc4c23)cc1. The Morgan fingerprint density at radius 1 is 0.339 bits per heavy atom. The van der Waals surface area contributed by atoms with Gasteiger partial charge in [0.25, 0.3) is 0 Å². The van der Waals surface area contributed by atoms with Gasteiger partial charge in [0.15, 0.2) is 17.5 Å². The minimum atomic E-state index is 0.653. The van der Waals surface area contributed by atoms with Crippen molar-refractivity contribution in [2.75, 3.05) is 0 Å². The third-order valence-corrected chi connectivity index (χ3v) is 13.2. The molecule has 0 N–H and O–H groups in total. The topological polar surface area (TPSA) is 51.6 Å². The molecule has 0 radical (unpaired) electrons. The highest BCUT2D eigenvalue weighted by atomic mass is 32.1. The maximum Gasteiger partial charge on any atom is 0.165 e. The second-order valence-corrected chi connectivity index (χ2v) is 16.3. The molecule has 0 fully saturated rings. The molecule has 0 amide bonds. The lowest BCUT2D eigenvalue weighted by molar-refractivity contribution is 1.08. The Hall–Kier alpha value is -6.86. The summed E-state index contributed by atoms with van der Waals surface area (Å²) < 4.78 is 4.83. The van der Waals surface area contributed by atoms with Crippen molar-refractivity contribution in [2.24, 2.45) is 0 Å². The average Bonchev–Trinajstić information content (AvgIpc) is 3.85. The maximum absolute atomic E-state index is 5.36. The summed E-state index contributed by atoms with van der Waals surface area (Å²) in [5.74, 6) is 1.98. The van der Waals surface area contributed by atoms with Crippen LogP contribution in [-0.4, -0.2) is 19.9 Å². The van der Waals surface area contributed by atoms with Crippen molar-refractivity contribution < 1.29 is 0 Å². The normalized spacial score (nSPS) is 11.9. The van der Waals surface area contributed by atoms with Crippen LogP contribution < -0.4 is 0 Å². The second kappa shape index (κ2) is 12.3. The van der Waals surface area contributed by atoms with Gasteiger partial charge in [-0.2, -0.15) is 0 Å². The molecule has 0 aliphatic carbocycles. The van der Waals surface area contributed by atoms with Crippen molar-refractivity contribution in [3.05, 3.63) is 170 Å². The zero-order valence-electron chi connectivity index (χ0n) is 29.8. The number of nitrogens with zero attached hydrogens (tertiary/aromatic N) is 4. The van der Waals surface area contributed by atoms with Gasteiger partial charge in [-0.3, -0.25) is 0 Å². The highest BCUT2D eigenvalue weighted by molar-refractivity contribution is 7.26. The fourth-order valence-electron chi connectivity index (χ4n) is 8.36. The van der Waals surface area contributed by atoms with Crippen LogP contribution in [0.3, 0.4) is 0 Å². The van der Waals surface area contributed by atoms with Crippen LogP contribution in [0.5, 0.6) is 0 Å². The maximum atomic E-state index is 5.36. The lowest BCUT2D eigenvalue weighted by Crippen LogP contribution is -2.00. The van der Waals surface area contributed by atoms with Gasteiger partial charge in [0.1, 0.15) is 0 Å². The van der Waals surface area contributed by atoms with Crippen LogP contribution >= 0.6 is 22.7 Å². The van der Waals surface area contributed by atoms with Gasteiger partial charge in [-0.05, 0) is 47.2 Å². The first-order chi connectivity index (χ1) is 27.7. The Kier molecular flexibility index (Phi) is 6.93. The molecule has 12 aromatic rings. The van der Waals surface area contributed by atoms with Crippen LogP contribution in [0.1, 0.15) is 0 Å². The van der Waals surface area contributed by atoms with E-state index < -0.39 is 0 Å². The molecule has 0 atom stereocenters. The minimum Gasteiger partial charge on any atom is -0.247 e.